The molecule has 0 amide bonds. The third-order valence-electron chi connectivity index (χ3n) is 3.27. The second-order valence-electron chi connectivity index (χ2n) is 4.80. The van der Waals surface area contributed by atoms with E-state index >= 15 is 0 Å². The second-order valence-corrected chi connectivity index (χ2v) is 6.36. The van der Waals surface area contributed by atoms with Crippen LogP contribution in [0.3, 0.4) is 0 Å². The molecule has 0 radical (unpaired) electrons. The monoisotopic (exact) mass is 316 g/mol. The minimum atomic E-state index is -3.99. The maximum atomic E-state index is 11.2. The summed E-state index contributed by atoms with van der Waals surface area (Å²) >= 11 is 0. The number of benzene rings is 1. The van der Waals surface area contributed by atoms with Gasteiger partial charge in [-0.2, -0.15) is 0 Å². The molecule has 9 heteroatoms. The van der Waals surface area contributed by atoms with E-state index < -0.39 is 20.6 Å². The Balaban J connectivity index is 2.16. The van der Waals surface area contributed by atoms with E-state index in [4.69, 9.17) is 14.6 Å². The maximum absolute atomic E-state index is 11.2. The van der Waals surface area contributed by atoms with Gasteiger partial charge in [0.15, 0.2) is 5.75 Å². The van der Waals surface area contributed by atoms with Crippen LogP contribution in [0, 0.1) is 16.0 Å². The number of hydrogen-bond donors (Lipinski definition) is 1. The first-order valence-corrected chi connectivity index (χ1v) is 7.94. The lowest BCUT2D eigenvalue weighted by Crippen LogP contribution is -2.21. The molecule has 0 atom stereocenters. The van der Waals surface area contributed by atoms with Crippen LogP contribution in [0.2, 0.25) is 0 Å². The Morgan fingerprint density at radius 1 is 1.38 bits per heavy atom. The van der Waals surface area contributed by atoms with Crippen LogP contribution < -0.4 is 9.88 Å². The van der Waals surface area contributed by atoms with Crippen LogP contribution in [0.1, 0.15) is 12.8 Å². The molecule has 1 aliphatic rings. The van der Waals surface area contributed by atoms with Gasteiger partial charge in [-0.3, -0.25) is 10.1 Å². The van der Waals surface area contributed by atoms with Crippen LogP contribution in [0.4, 0.5) is 5.69 Å². The average Bonchev–Trinajstić information content (AvgIpc) is 2.45. The molecule has 1 fully saturated rings. The van der Waals surface area contributed by atoms with Crippen molar-refractivity contribution in [3.05, 3.63) is 28.3 Å². The summed E-state index contributed by atoms with van der Waals surface area (Å²) in [4.78, 5) is 10.0. The predicted molar refractivity (Wildman–Crippen MR) is 73.5 cm³/mol. The van der Waals surface area contributed by atoms with Gasteiger partial charge < -0.3 is 9.47 Å². The van der Waals surface area contributed by atoms with Gasteiger partial charge in [-0.05, 0) is 30.9 Å². The van der Waals surface area contributed by atoms with Crippen molar-refractivity contribution in [3.63, 3.8) is 0 Å². The molecule has 0 saturated carbocycles. The standard InChI is InChI=1S/C12H16N2O6S/c13-21(17,18)10-1-2-12(11(7-10)14(15)16)20-8-9-3-5-19-6-4-9/h1-2,7,9H,3-6,8H2,(H2,13,17,18). The number of nitro benzene ring substituents is 1. The molecule has 0 aliphatic carbocycles. The van der Waals surface area contributed by atoms with Gasteiger partial charge in [0, 0.05) is 19.3 Å². The van der Waals surface area contributed by atoms with Crippen molar-refractivity contribution in [2.75, 3.05) is 19.8 Å². The summed E-state index contributed by atoms with van der Waals surface area (Å²) in [6, 6.07) is 3.37. The van der Waals surface area contributed by atoms with Gasteiger partial charge in [-0.25, -0.2) is 13.6 Å². The minimum absolute atomic E-state index is 0.0406. The quantitative estimate of drug-likeness (QED) is 0.640. The first-order chi connectivity index (χ1) is 9.88. The zero-order chi connectivity index (χ0) is 15.5. The molecule has 8 nitrogen and oxygen atoms in total. The van der Waals surface area contributed by atoms with Crippen molar-refractivity contribution in [1.29, 1.82) is 0 Å². The highest BCUT2D eigenvalue weighted by atomic mass is 32.2. The zero-order valence-corrected chi connectivity index (χ0v) is 12.0. The Morgan fingerprint density at radius 2 is 2.05 bits per heavy atom. The van der Waals surface area contributed by atoms with E-state index in [-0.39, 0.29) is 16.6 Å². The molecular formula is C12H16N2O6S. The van der Waals surface area contributed by atoms with E-state index in [0.717, 1.165) is 18.9 Å². The largest absolute Gasteiger partial charge is 0.487 e. The van der Waals surface area contributed by atoms with Crippen LogP contribution in [0.15, 0.2) is 23.1 Å². The Hall–Kier alpha value is -1.71. The van der Waals surface area contributed by atoms with Crippen molar-refractivity contribution in [2.45, 2.75) is 17.7 Å². The van der Waals surface area contributed by atoms with Gasteiger partial charge in [0.05, 0.1) is 16.4 Å². The Labute approximate surface area is 122 Å². The summed E-state index contributed by atoms with van der Waals surface area (Å²) in [5.41, 5.74) is -0.409. The lowest BCUT2D eigenvalue weighted by Gasteiger charge is -2.22. The van der Waals surface area contributed by atoms with Crippen LogP contribution in [0.5, 0.6) is 5.75 Å². The topological polar surface area (TPSA) is 122 Å². The summed E-state index contributed by atoms with van der Waals surface area (Å²) in [7, 11) is -3.99. The predicted octanol–water partition coefficient (Wildman–Crippen LogP) is 1.05. The molecule has 0 spiro atoms. The van der Waals surface area contributed by atoms with E-state index in [0.29, 0.717) is 19.8 Å². The smallest absolute Gasteiger partial charge is 0.312 e. The number of hydrogen-bond acceptors (Lipinski definition) is 6. The SMILES string of the molecule is NS(=O)(=O)c1ccc(OCC2CCOCC2)c([N+](=O)[O-])c1. The van der Waals surface area contributed by atoms with Crippen LogP contribution in [-0.4, -0.2) is 33.2 Å². The first kappa shape index (κ1) is 15.7. The van der Waals surface area contributed by atoms with Crippen molar-refractivity contribution >= 4 is 15.7 Å². The van der Waals surface area contributed by atoms with Gasteiger partial charge in [0.1, 0.15) is 0 Å². The lowest BCUT2D eigenvalue weighted by molar-refractivity contribution is -0.386. The van der Waals surface area contributed by atoms with Crippen molar-refractivity contribution in [3.8, 4) is 5.75 Å². The molecule has 1 aromatic carbocycles. The summed E-state index contributed by atoms with van der Waals surface area (Å²) < 4.78 is 33.1. The number of rotatable bonds is 5. The molecule has 0 unspecified atom stereocenters. The molecule has 1 saturated heterocycles. The molecule has 1 aromatic rings. The summed E-state index contributed by atoms with van der Waals surface area (Å²) in [5, 5.41) is 16.0. The molecule has 0 bridgehead atoms. The van der Waals surface area contributed by atoms with Crippen molar-refractivity contribution < 1.29 is 22.8 Å². The number of nitrogens with zero attached hydrogens (tertiary/aromatic N) is 1. The third-order valence-corrected chi connectivity index (χ3v) is 4.18. The summed E-state index contributed by atoms with van der Waals surface area (Å²) in [5.74, 6) is 0.315. The number of nitrogens with two attached hydrogens (primary N) is 1. The maximum Gasteiger partial charge on any atom is 0.312 e. The molecule has 1 heterocycles. The highest BCUT2D eigenvalue weighted by Crippen LogP contribution is 2.30. The Bertz CT molecular complexity index is 625. The molecule has 21 heavy (non-hydrogen) atoms. The second kappa shape index (κ2) is 6.37. The minimum Gasteiger partial charge on any atom is -0.487 e. The van der Waals surface area contributed by atoms with Gasteiger partial charge in [-0.15, -0.1) is 0 Å². The van der Waals surface area contributed by atoms with Crippen LogP contribution >= 0.6 is 0 Å². The number of primary sulfonamides is 1. The normalized spacial score (nSPS) is 16.6. The van der Waals surface area contributed by atoms with Crippen LogP contribution in [0.25, 0.3) is 0 Å². The lowest BCUT2D eigenvalue weighted by atomic mass is 10.0. The van der Waals surface area contributed by atoms with Gasteiger partial charge in [-0.1, -0.05) is 0 Å². The number of ether oxygens (including phenoxy) is 2. The fraction of sp³-hybridized carbons (Fsp3) is 0.500. The molecular weight excluding hydrogens is 300 g/mol. The highest BCUT2D eigenvalue weighted by Gasteiger charge is 2.22. The van der Waals surface area contributed by atoms with Crippen molar-refractivity contribution in [2.24, 2.45) is 11.1 Å². The van der Waals surface area contributed by atoms with E-state index in [1.807, 2.05) is 0 Å². The first-order valence-electron chi connectivity index (χ1n) is 6.39. The van der Waals surface area contributed by atoms with E-state index in [1.54, 1.807) is 0 Å². The van der Waals surface area contributed by atoms with Gasteiger partial charge in [0.2, 0.25) is 10.0 Å². The molecule has 2 N–H and O–H groups in total. The van der Waals surface area contributed by atoms with E-state index in [9.17, 15) is 18.5 Å². The Kier molecular flexibility index (Phi) is 4.76. The number of nitro groups is 1. The molecule has 0 aromatic heterocycles. The fourth-order valence-electron chi connectivity index (χ4n) is 2.06. The van der Waals surface area contributed by atoms with Crippen molar-refractivity contribution in [1.82, 2.24) is 0 Å². The zero-order valence-electron chi connectivity index (χ0n) is 11.2. The van der Waals surface area contributed by atoms with E-state index in [2.05, 4.69) is 0 Å². The highest BCUT2D eigenvalue weighted by molar-refractivity contribution is 7.89. The number of sulfonamides is 1. The Morgan fingerprint density at radius 3 is 2.62 bits per heavy atom. The van der Waals surface area contributed by atoms with Crippen LogP contribution in [-0.2, 0) is 14.8 Å². The summed E-state index contributed by atoms with van der Waals surface area (Å²) in [6.07, 6.45) is 1.67. The molecule has 116 valence electrons. The molecule has 2 rings (SSSR count). The van der Waals surface area contributed by atoms with E-state index in [1.165, 1.54) is 12.1 Å². The average molecular weight is 316 g/mol. The fourth-order valence-corrected chi connectivity index (χ4v) is 2.59. The van der Waals surface area contributed by atoms with Gasteiger partial charge in [0.25, 0.3) is 0 Å². The third kappa shape index (κ3) is 4.13. The summed E-state index contributed by atoms with van der Waals surface area (Å²) in [6.45, 7) is 1.64. The molecule has 1 aliphatic heterocycles. The van der Waals surface area contributed by atoms with Gasteiger partial charge >= 0.3 is 5.69 Å².